The molecular weight excluding hydrogens is 294 g/mol. The highest BCUT2D eigenvalue weighted by Gasteiger charge is 2.17. The molecule has 0 amide bonds. The molecule has 22 heavy (non-hydrogen) atoms. The third-order valence-corrected chi connectivity index (χ3v) is 4.96. The molecule has 6 heteroatoms. The molecule has 3 aromatic rings. The molecule has 0 bridgehead atoms. The van der Waals surface area contributed by atoms with Gasteiger partial charge in [0.05, 0.1) is 0 Å². The maximum absolute atomic E-state index is 4.74. The summed E-state index contributed by atoms with van der Waals surface area (Å²) in [6.07, 6.45) is 3.31. The third kappa shape index (κ3) is 2.34. The molecule has 112 valence electrons. The van der Waals surface area contributed by atoms with Gasteiger partial charge in [-0.2, -0.15) is 9.61 Å². The molecule has 0 saturated carbocycles. The van der Waals surface area contributed by atoms with Crippen molar-refractivity contribution >= 4 is 21.9 Å². The fraction of sp³-hybridized carbons (Fsp3) is 0.312. The summed E-state index contributed by atoms with van der Waals surface area (Å²) in [5.74, 6) is 0.811. The van der Waals surface area contributed by atoms with Crippen LogP contribution in [0, 0.1) is 6.92 Å². The Bertz CT molecular complexity index is 843. The van der Waals surface area contributed by atoms with E-state index in [0.717, 1.165) is 40.9 Å². The SMILES string of the molecule is Cc1ccc(-c2nnc3sc(C4=CCN(C)CC4)nn23)cc1. The van der Waals surface area contributed by atoms with Crippen LogP contribution in [0.1, 0.15) is 17.0 Å². The van der Waals surface area contributed by atoms with Gasteiger partial charge >= 0.3 is 0 Å². The van der Waals surface area contributed by atoms with E-state index >= 15 is 0 Å². The Balaban J connectivity index is 1.75. The van der Waals surface area contributed by atoms with Crippen molar-refractivity contribution in [1.29, 1.82) is 0 Å². The number of hydrogen-bond acceptors (Lipinski definition) is 5. The van der Waals surface area contributed by atoms with Gasteiger partial charge in [0.1, 0.15) is 5.01 Å². The lowest BCUT2D eigenvalue weighted by atomic mass is 10.1. The molecule has 0 aliphatic carbocycles. The molecule has 0 spiro atoms. The zero-order chi connectivity index (χ0) is 15.1. The smallest absolute Gasteiger partial charge is 0.235 e. The van der Waals surface area contributed by atoms with Crippen molar-refractivity contribution in [3.05, 3.63) is 40.9 Å². The van der Waals surface area contributed by atoms with Gasteiger partial charge in [-0.25, -0.2) is 0 Å². The summed E-state index contributed by atoms with van der Waals surface area (Å²) in [5, 5.41) is 14.4. The average molecular weight is 311 g/mol. The van der Waals surface area contributed by atoms with Gasteiger partial charge < -0.3 is 4.90 Å². The van der Waals surface area contributed by atoms with Crippen LogP contribution in [-0.2, 0) is 0 Å². The van der Waals surface area contributed by atoms with Crippen molar-refractivity contribution in [2.75, 3.05) is 20.1 Å². The first-order valence-corrected chi connectivity index (χ1v) is 8.19. The number of hydrogen-bond donors (Lipinski definition) is 0. The number of nitrogens with zero attached hydrogens (tertiary/aromatic N) is 5. The first-order valence-electron chi connectivity index (χ1n) is 7.38. The van der Waals surface area contributed by atoms with E-state index in [-0.39, 0.29) is 0 Å². The number of likely N-dealkylation sites (N-methyl/N-ethyl adjacent to an activating group) is 1. The minimum Gasteiger partial charge on any atom is -0.302 e. The van der Waals surface area contributed by atoms with Gasteiger partial charge in [-0.05, 0) is 26.0 Å². The Morgan fingerprint density at radius 2 is 1.95 bits per heavy atom. The summed E-state index contributed by atoms with van der Waals surface area (Å²) >= 11 is 1.62. The van der Waals surface area contributed by atoms with Gasteiger partial charge in [0.2, 0.25) is 4.96 Å². The molecule has 0 unspecified atom stereocenters. The van der Waals surface area contributed by atoms with Crippen molar-refractivity contribution in [1.82, 2.24) is 24.7 Å². The van der Waals surface area contributed by atoms with Crippen LogP contribution < -0.4 is 0 Å². The maximum atomic E-state index is 4.74. The van der Waals surface area contributed by atoms with Crippen molar-refractivity contribution in [2.24, 2.45) is 0 Å². The number of fused-ring (bicyclic) bond motifs is 1. The Kier molecular flexibility index (Phi) is 3.28. The van der Waals surface area contributed by atoms with E-state index in [2.05, 4.69) is 59.4 Å². The summed E-state index contributed by atoms with van der Waals surface area (Å²) in [7, 11) is 2.14. The maximum Gasteiger partial charge on any atom is 0.235 e. The lowest BCUT2D eigenvalue weighted by molar-refractivity contribution is 0.370. The van der Waals surface area contributed by atoms with E-state index in [1.165, 1.54) is 11.1 Å². The van der Waals surface area contributed by atoms with E-state index in [0.29, 0.717) is 0 Å². The first-order chi connectivity index (χ1) is 10.7. The largest absolute Gasteiger partial charge is 0.302 e. The highest BCUT2D eigenvalue weighted by atomic mass is 32.1. The van der Waals surface area contributed by atoms with Crippen molar-refractivity contribution < 1.29 is 0 Å². The number of aryl methyl sites for hydroxylation is 1. The molecule has 0 radical (unpaired) electrons. The quantitative estimate of drug-likeness (QED) is 0.730. The number of benzene rings is 1. The fourth-order valence-corrected chi connectivity index (χ4v) is 3.50. The minimum absolute atomic E-state index is 0.811. The Labute approximate surface area is 132 Å². The predicted molar refractivity (Wildman–Crippen MR) is 88.9 cm³/mol. The molecule has 3 heterocycles. The van der Waals surface area contributed by atoms with Crippen LogP contribution in [0.5, 0.6) is 0 Å². The van der Waals surface area contributed by atoms with Gasteiger partial charge in [-0.3, -0.25) is 0 Å². The summed E-state index contributed by atoms with van der Waals surface area (Å²) in [4.78, 5) is 3.16. The van der Waals surface area contributed by atoms with Crippen LogP contribution in [0.4, 0.5) is 0 Å². The van der Waals surface area contributed by atoms with E-state index in [1.807, 2.05) is 4.52 Å². The van der Waals surface area contributed by atoms with Crippen LogP contribution in [0.15, 0.2) is 30.3 Å². The molecule has 1 aliphatic rings. The highest BCUT2D eigenvalue weighted by molar-refractivity contribution is 7.17. The standard InChI is InChI=1S/C16H17N5S/c1-11-3-5-12(6-4-11)14-17-18-16-21(14)19-15(22-16)13-7-9-20(2)10-8-13/h3-7H,8-10H2,1-2H3. The van der Waals surface area contributed by atoms with Gasteiger partial charge in [-0.1, -0.05) is 47.2 Å². The van der Waals surface area contributed by atoms with Gasteiger partial charge in [0.25, 0.3) is 0 Å². The van der Waals surface area contributed by atoms with E-state index < -0.39 is 0 Å². The predicted octanol–water partition coefficient (Wildman–Crippen LogP) is 2.88. The molecule has 0 atom stereocenters. The summed E-state index contributed by atoms with van der Waals surface area (Å²) in [6, 6.07) is 8.31. The van der Waals surface area contributed by atoms with Crippen LogP contribution in [0.2, 0.25) is 0 Å². The van der Waals surface area contributed by atoms with Gasteiger partial charge in [0.15, 0.2) is 5.82 Å². The summed E-state index contributed by atoms with van der Waals surface area (Å²) in [5.41, 5.74) is 3.61. The van der Waals surface area contributed by atoms with Gasteiger partial charge in [0, 0.05) is 18.7 Å². The number of rotatable bonds is 2. The van der Waals surface area contributed by atoms with E-state index in [9.17, 15) is 0 Å². The van der Waals surface area contributed by atoms with Crippen LogP contribution >= 0.6 is 11.3 Å². The summed E-state index contributed by atoms with van der Waals surface area (Å²) in [6.45, 7) is 4.15. The second-order valence-corrected chi connectivity index (χ2v) is 6.69. The molecule has 1 aliphatic heterocycles. The summed E-state index contributed by atoms with van der Waals surface area (Å²) < 4.78 is 1.86. The Morgan fingerprint density at radius 3 is 2.68 bits per heavy atom. The minimum atomic E-state index is 0.811. The second-order valence-electron chi connectivity index (χ2n) is 5.73. The van der Waals surface area contributed by atoms with Gasteiger partial charge in [-0.15, -0.1) is 10.2 Å². The van der Waals surface area contributed by atoms with Crippen LogP contribution in [0.25, 0.3) is 21.9 Å². The lowest BCUT2D eigenvalue weighted by Crippen LogP contribution is -2.23. The first kappa shape index (κ1) is 13.6. The van der Waals surface area contributed by atoms with Crippen molar-refractivity contribution in [3.63, 3.8) is 0 Å². The van der Waals surface area contributed by atoms with Crippen LogP contribution in [-0.4, -0.2) is 44.8 Å². The molecular formula is C16H17N5S. The molecule has 0 N–H and O–H groups in total. The molecule has 4 rings (SSSR count). The molecule has 0 fully saturated rings. The van der Waals surface area contributed by atoms with E-state index in [1.54, 1.807) is 11.3 Å². The van der Waals surface area contributed by atoms with E-state index in [4.69, 9.17) is 5.10 Å². The molecule has 1 aromatic carbocycles. The van der Waals surface area contributed by atoms with Crippen molar-refractivity contribution in [3.8, 4) is 11.4 Å². The normalized spacial score (nSPS) is 16.2. The lowest BCUT2D eigenvalue weighted by Gasteiger charge is -2.20. The van der Waals surface area contributed by atoms with Crippen LogP contribution in [0.3, 0.4) is 0 Å². The number of aromatic nitrogens is 4. The molecule has 2 aromatic heterocycles. The fourth-order valence-electron chi connectivity index (χ4n) is 2.59. The zero-order valence-corrected chi connectivity index (χ0v) is 13.5. The average Bonchev–Trinajstić information content (AvgIpc) is 3.09. The molecule has 0 saturated heterocycles. The Morgan fingerprint density at radius 1 is 1.14 bits per heavy atom. The third-order valence-electron chi connectivity index (χ3n) is 3.99. The highest BCUT2D eigenvalue weighted by Crippen LogP contribution is 2.28. The zero-order valence-electron chi connectivity index (χ0n) is 12.7. The molecule has 5 nitrogen and oxygen atoms in total. The second kappa shape index (κ2) is 5.30. The topological polar surface area (TPSA) is 46.3 Å². The monoisotopic (exact) mass is 311 g/mol. The Hall–Kier alpha value is -2.05. The van der Waals surface area contributed by atoms with Crippen molar-refractivity contribution in [2.45, 2.75) is 13.3 Å².